The van der Waals surface area contributed by atoms with E-state index in [0.717, 1.165) is 22.2 Å². The van der Waals surface area contributed by atoms with Gasteiger partial charge < -0.3 is 5.32 Å². The van der Waals surface area contributed by atoms with Crippen molar-refractivity contribution in [1.82, 2.24) is 9.55 Å². The van der Waals surface area contributed by atoms with Crippen molar-refractivity contribution in [3.05, 3.63) is 77.6 Å². The number of halogens is 1. The Hall–Kier alpha value is -2.26. The van der Waals surface area contributed by atoms with Gasteiger partial charge in [-0.15, -0.1) is 0 Å². The van der Waals surface area contributed by atoms with Gasteiger partial charge in [0.1, 0.15) is 0 Å². The van der Waals surface area contributed by atoms with Gasteiger partial charge in [0, 0.05) is 23.1 Å². The molecule has 1 atom stereocenters. The summed E-state index contributed by atoms with van der Waals surface area (Å²) in [4.78, 5) is 4.40. The highest BCUT2D eigenvalue weighted by molar-refractivity contribution is 6.30. The van der Waals surface area contributed by atoms with Crippen molar-refractivity contribution in [1.29, 1.82) is 0 Å². The van der Waals surface area contributed by atoms with Crippen LogP contribution in [0.5, 0.6) is 0 Å². The van der Waals surface area contributed by atoms with E-state index in [1.165, 1.54) is 0 Å². The maximum Gasteiger partial charge on any atom is 0.207 e. The maximum absolute atomic E-state index is 6.05. The van der Waals surface area contributed by atoms with E-state index in [-0.39, 0.29) is 6.04 Å². The van der Waals surface area contributed by atoms with Crippen molar-refractivity contribution in [2.45, 2.75) is 13.0 Å². The van der Waals surface area contributed by atoms with Crippen molar-refractivity contribution >= 4 is 17.5 Å². The topological polar surface area (TPSA) is 29.9 Å². The minimum absolute atomic E-state index is 0.119. The number of rotatable bonds is 4. The molecule has 0 aliphatic heterocycles. The molecular weight excluding hydrogens is 282 g/mol. The van der Waals surface area contributed by atoms with Crippen molar-refractivity contribution in [3.8, 4) is 5.69 Å². The van der Waals surface area contributed by atoms with Gasteiger partial charge in [-0.3, -0.25) is 4.57 Å². The van der Waals surface area contributed by atoms with Crippen LogP contribution in [0.15, 0.2) is 67.0 Å². The molecule has 3 aromatic rings. The number of para-hydroxylation sites is 1. The Balaban J connectivity index is 1.85. The van der Waals surface area contributed by atoms with E-state index in [4.69, 9.17) is 11.6 Å². The Labute approximate surface area is 129 Å². The fourth-order valence-electron chi connectivity index (χ4n) is 2.26. The lowest BCUT2D eigenvalue weighted by Gasteiger charge is -2.16. The molecule has 1 heterocycles. The molecule has 1 aromatic heterocycles. The Morgan fingerprint density at radius 2 is 1.90 bits per heavy atom. The molecule has 0 aliphatic rings. The normalized spacial score (nSPS) is 12.1. The van der Waals surface area contributed by atoms with E-state index in [0.29, 0.717) is 0 Å². The van der Waals surface area contributed by atoms with Crippen LogP contribution in [-0.4, -0.2) is 9.55 Å². The Morgan fingerprint density at radius 3 is 2.67 bits per heavy atom. The molecule has 0 fully saturated rings. The fourth-order valence-corrected chi connectivity index (χ4v) is 2.46. The molecule has 0 saturated heterocycles. The summed E-state index contributed by atoms with van der Waals surface area (Å²) in [5.74, 6) is 0.814. The molecule has 0 amide bonds. The van der Waals surface area contributed by atoms with Crippen LogP contribution in [0.2, 0.25) is 5.02 Å². The lowest BCUT2D eigenvalue weighted by molar-refractivity contribution is 0.851. The molecule has 21 heavy (non-hydrogen) atoms. The van der Waals surface area contributed by atoms with Crippen LogP contribution in [0.25, 0.3) is 5.69 Å². The van der Waals surface area contributed by atoms with Crippen molar-refractivity contribution in [2.24, 2.45) is 0 Å². The molecule has 3 rings (SSSR count). The van der Waals surface area contributed by atoms with E-state index in [1.54, 1.807) is 6.20 Å². The molecule has 1 N–H and O–H groups in total. The second kappa shape index (κ2) is 6.02. The molecule has 2 aromatic carbocycles. The van der Waals surface area contributed by atoms with E-state index >= 15 is 0 Å². The van der Waals surface area contributed by atoms with Gasteiger partial charge in [0.25, 0.3) is 0 Å². The highest BCUT2D eigenvalue weighted by Crippen LogP contribution is 2.22. The average molecular weight is 298 g/mol. The molecule has 0 bridgehead atoms. The minimum Gasteiger partial charge on any atom is -0.349 e. The average Bonchev–Trinajstić information content (AvgIpc) is 2.96. The van der Waals surface area contributed by atoms with Crippen LogP contribution >= 0.6 is 11.6 Å². The van der Waals surface area contributed by atoms with Crippen LogP contribution in [0, 0.1) is 0 Å². The summed E-state index contributed by atoms with van der Waals surface area (Å²) in [6, 6.07) is 18.1. The highest BCUT2D eigenvalue weighted by atomic mass is 35.5. The molecular formula is C17H16ClN3. The molecule has 1 unspecified atom stereocenters. The van der Waals surface area contributed by atoms with Crippen LogP contribution in [-0.2, 0) is 0 Å². The molecule has 0 aliphatic carbocycles. The first kappa shape index (κ1) is 13.7. The largest absolute Gasteiger partial charge is 0.349 e. The molecule has 0 spiro atoms. The zero-order chi connectivity index (χ0) is 14.7. The quantitative estimate of drug-likeness (QED) is 0.756. The zero-order valence-electron chi connectivity index (χ0n) is 11.7. The van der Waals surface area contributed by atoms with Crippen LogP contribution in [0.3, 0.4) is 0 Å². The standard InChI is InChI=1S/C17H16ClN3/c1-13(14-6-5-7-15(18)12-14)20-17-19-10-11-21(17)16-8-3-2-4-9-16/h2-13H,1H3,(H,19,20). The highest BCUT2D eigenvalue weighted by Gasteiger charge is 2.10. The number of hydrogen-bond donors (Lipinski definition) is 1. The van der Waals surface area contributed by atoms with Crippen LogP contribution < -0.4 is 5.32 Å². The summed E-state index contributed by atoms with van der Waals surface area (Å²) < 4.78 is 2.03. The summed E-state index contributed by atoms with van der Waals surface area (Å²) in [6.07, 6.45) is 3.74. The smallest absolute Gasteiger partial charge is 0.207 e. The third-order valence-corrected chi connectivity index (χ3v) is 3.60. The van der Waals surface area contributed by atoms with Crippen molar-refractivity contribution in [3.63, 3.8) is 0 Å². The van der Waals surface area contributed by atoms with Gasteiger partial charge in [0.15, 0.2) is 0 Å². The van der Waals surface area contributed by atoms with Gasteiger partial charge in [-0.1, -0.05) is 41.9 Å². The lowest BCUT2D eigenvalue weighted by atomic mass is 10.1. The number of aromatic nitrogens is 2. The summed E-state index contributed by atoms with van der Waals surface area (Å²) in [5.41, 5.74) is 2.21. The Bertz CT molecular complexity index is 722. The number of nitrogens with zero attached hydrogens (tertiary/aromatic N) is 2. The summed E-state index contributed by atoms with van der Waals surface area (Å²) in [6.45, 7) is 2.09. The first-order chi connectivity index (χ1) is 10.2. The van der Waals surface area contributed by atoms with Crippen LogP contribution in [0.1, 0.15) is 18.5 Å². The monoisotopic (exact) mass is 297 g/mol. The minimum atomic E-state index is 0.119. The number of benzene rings is 2. The summed E-state index contributed by atoms with van der Waals surface area (Å²) >= 11 is 6.05. The third-order valence-electron chi connectivity index (χ3n) is 3.37. The molecule has 4 heteroatoms. The molecule has 3 nitrogen and oxygen atoms in total. The Morgan fingerprint density at radius 1 is 1.10 bits per heavy atom. The summed E-state index contributed by atoms with van der Waals surface area (Å²) in [7, 11) is 0. The van der Waals surface area contributed by atoms with E-state index in [9.17, 15) is 0 Å². The third kappa shape index (κ3) is 3.09. The number of anilines is 1. The van der Waals surface area contributed by atoms with Gasteiger partial charge in [-0.2, -0.15) is 0 Å². The maximum atomic E-state index is 6.05. The fraction of sp³-hybridized carbons (Fsp3) is 0.118. The van der Waals surface area contributed by atoms with Gasteiger partial charge in [-0.05, 0) is 36.8 Å². The number of imidazole rings is 1. The molecule has 0 radical (unpaired) electrons. The predicted octanol–water partition coefficient (Wildman–Crippen LogP) is 4.70. The van der Waals surface area contributed by atoms with Crippen LogP contribution in [0.4, 0.5) is 5.95 Å². The second-order valence-electron chi connectivity index (χ2n) is 4.88. The SMILES string of the molecule is CC(Nc1nccn1-c1ccccc1)c1cccc(Cl)c1. The van der Waals surface area contributed by atoms with Gasteiger partial charge in [-0.25, -0.2) is 4.98 Å². The predicted molar refractivity (Wildman–Crippen MR) is 87.1 cm³/mol. The second-order valence-corrected chi connectivity index (χ2v) is 5.31. The zero-order valence-corrected chi connectivity index (χ0v) is 12.5. The number of nitrogens with one attached hydrogen (secondary N) is 1. The number of hydrogen-bond acceptors (Lipinski definition) is 2. The first-order valence-electron chi connectivity index (χ1n) is 6.85. The van der Waals surface area contributed by atoms with Gasteiger partial charge in [0.2, 0.25) is 5.95 Å². The van der Waals surface area contributed by atoms with Gasteiger partial charge in [0.05, 0.1) is 6.04 Å². The van der Waals surface area contributed by atoms with Crippen molar-refractivity contribution in [2.75, 3.05) is 5.32 Å². The Kier molecular flexibility index (Phi) is 3.93. The van der Waals surface area contributed by atoms with E-state index in [1.807, 2.05) is 47.2 Å². The molecule has 0 saturated carbocycles. The summed E-state index contributed by atoms with van der Waals surface area (Å²) in [5, 5.41) is 4.17. The van der Waals surface area contributed by atoms with E-state index in [2.05, 4.69) is 35.4 Å². The molecule has 106 valence electrons. The van der Waals surface area contributed by atoms with Crippen molar-refractivity contribution < 1.29 is 0 Å². The lowest BCUT2D eigenvalue weighted by Crippen LogP contribution is -2.11. The first-order valence-corrected chi connectivity index (χ1v) is 7.22. The van der Waals surface area contributed by atoms with Gasteiger partial charge >= 0.3 is 0 Å². The van der Waals surface area contributed by atoms with E-state index < -0.39 is 0 Å².